The van der Waals surface area contributed by atoms with Crippen LogP contribution < -0.4 is 10.3 Å². The number of aromatic amines is 1. The molecule has 136 valence electrons. The average molecular weight is 402 g/mol. The minimum atomic E-state index is -0.498. The van der Waals surface area contributed by atoms with Crippen LogP contribution in [0, 0.1) is 17.1 Å². The van der Waals surface area contributed by atoms with Crippen molar-refractivity contribution >= 4 is 23.4 Å². The summed E-state index contributed by atoms with van der Waals surface area (Å²) in [4.78, 5) is 18.9. The first-order valence-electron chi connectivity index (χ1n) is 7.77. The highest BCUT2D eigenvalue weighted by Crippen LogP contribution is 2.24. The predicted molar refractivity (Wildman–Crippen MR) is 103 cm³/mol. The number of ether oxygens (including phenoxy) is 1. The molecule has 1 aromatic heterocycles. The van der Waals surface area contributed by atoms with E-state index in [4.69, 9.17) is 16.3 Å². The Hall–Kier alpha value is -2.82. The zero-order valence-electron chi connectivity index (χ0n) is 14.1. The van der Waals surface area contributed by atoms with Gasteiger partial charge in [-0.15, -0.1) is 0 Å². The van der Waals surface area contributed by atoms with Gasteiger partial charge in [-0.1, -0.05) is 29.4 Å². The minimum absolute atomic E-state index is 0.0434. The number of benzene rings is 2. The SMILES string of the molecule is CSc1nc(-c2ccc(OCc3ccc(Cl)c(F)c3)cc2)c(C#N)c(=O)[nH]1. The monoisotopic (exact) mass is 401 g/mol. The Morgan fingerprint density at radius 2 is 2.04 bits per heavy atom. The Balaban J connectivity index is 1.81. The average Bonchev–Trinajstić information content (AvgIpc) is 2.68. The van der Waals surface area contributed by atoms with Gasteiger partial charge < -0.3 is 9.72 Å². The number of thioether (sulfide) groups is 1. The summed E-state index contributed by atoms with van der Waals surface area (Å²) in [5, 5.41) is 9.74. The number of rotatable bonds is 5. The molecule has 8 heteroatoms. The lowest BCUT2D eigenvalue weighted by Crippen LogP contribution is -2.14. The van der Waals surface area contributed by atoms with Crippen molar-refractivity contribution in [3.05, 3.63) is 74.8 Å². The molecular weight excluding hydrogens is 389 g/mol. The maximum atomic E-state index is 13.5. The molecule has 0 saturated carbocycles. The van der Waals surface area contributed by atoms with E-state index in [0.717, 1.165) is 0 Å². The normalized spacial score (nSPS) is 10.4. The number of nitrogens with one attached hydrogen (secondary N) is 1. The van der Waals surface area contributed by atoms with Crippen LogP contribution in [0.3, 0.4) is 0 Å². The van der Waals surface area contributed by atoms with Gasteiger partial charge in [0.1, 0.15) is 29.8 Å². The van der Waals surface area contributed by atoms with Crippen molar-refractivity contribution in [1.82, 2.24) is 9.97 Å². The summed E-state index contributed by atoms with van der Waals surface area (Å²) in [5.74, 6) is 0.0599. The second-order valence-electron chi connectivity index (χ2n) is 5.47. The molecule has 0 unspecified atom stereocenters. The number of hydrogen-bond acceptors (Lipinski definition) is 5. The highest BCUT2D eigenvalue weighted by atomic mass is 35.5. The van der Waals surface area contributed by atoms with Crippen LogP contribution in [0.5, 0.6) is 5.75 Å². The van der Waals surface area contributed by atoms with Gasteiger partial charge in [0.15, 0.2) is 5.16 Å². The van der Waals surface area contributed by atoms with Crippen molar-refractivity contribution in [1.29, 1.82) is 5.26 Å². The Morgan fingerprint density at radius 1 is 1.30 bits per heavy atom. The van der Waals surface area contributed by atoms with Gasteiger partial charge in [0.2, 0.25) is 0 Å². The molecule has 0 atom stereocenters. The smallest absolute Gasteiger partial charge is 0.270 e. The molecule has 0 amide bonds. The van der Waals surface area contributed by atoms with Crippen LogP contribution in [0.4, 0.5) is 4.39 Å². The zero-order valence-corrected chi connectivity index (χ0v) is 15.7. The van der Waals surface area contributed by atoms with E-state index in [0.29, 0.717) is 27.7 Å². The maximum absolute atomic E-state index is 13.5. The molecule has 0 radical (unpaired) electrons. The Bertz CT molecular complexity index is 1080. The quantitative estimate of drug-likeness (QED) is 0.506. The Morgan fingerprint density at radius 3 is 2.67 bits per heavy atom. The summed E-state index contributed by atoms with van der Waals surface area (Å²) in [6.45, 7) is 0.177. The number of aromatic nitrogens is 2. The van der Waals surface area contributed by atoms with Crippen molar-refractivity contribution in [3.8, 4) is 23.1 Å². The van der Waals surface area contributed by atoms with Crippen LogP contribution >= 0.6 is 23.4 Å². The van der Waals surface area contributed by atoms with Gasteiger partial charge in [-0.25, -0.2) is 9.37 Å². The van der Waals surface area contributed by atoms with Crippen molar-refractivity contribution in [2.24, 2.45) is 0 Å². The van der Waals surface area contributed by atoms with Crippen LogP contribution in [0.1, 0.15) is 11.1 Å². The molecule has 0 saturated heterocycles. The van der Waals surface area contributed by atoms with Crippen molar-refractivity contribution in [2.45, 2.75) is 11.8 Å². The zero-order chi connectivity index (χ0) is 19.4. The molecule has 2 aromatic carbocycles. The van der Waals surface area contributed by atoms with Crippen LogP contribution in [-0.4, -0.2) is 16.2 Å². The third-order valence-electron chi connectivity index (χ3n) is 3.72. The van der Waals surface area contributed by atoms with E-state index < -0.39 is 11.4 Å². The van der Waals surface area contributed by atoms with Crippen LogP contribution in [-0.2, 0) is 6.61 Å². The van der Waals surface area contributed by atoms with E-state index in [-0.39, 0.29) is 17.2 Å². The van der Waals surface area contributed by atoms with Gasteiger partial charge in [0.25, 0.3) is 5.56 Å². The Kier molecular flexibility index (Phi) is 5.79. The third kappa shape index (κ3) is 4.30. The minimum Gasteiger partial charge on any atom is -0.489 e. The summed E-state index contributed by atoms with van der Waals surface area (Å²) < 4.78 is 19.1. The van der Waals surface area contributed by atoms with Crippen LogP contribution in [0.25, 0.3) is 11.3 Å². The molecule has 0 bridgehead atoms. The van der Waals surface area contributed by atoms with E-state index >= 15 is 0 Å². The molecule has 3 rings (SSSR count). The fourth-order valence-electron chi connectivity index (χ4n) is 2.37. The molecular formula is C19H13ClFN3O2S. The lowest BCUT2D eigenvalue weighted by atomic mass is 10.1. The van der Waals surface area contributed by atoms with Gasteiger partial charge in [0, 0.05) is 5.56 Å². The highest BCUT2D eigenvalue weighted by Gasteiger charge is 2.13. The standard InChI is InChI=1S/C19H13ClFN3O2S/c1-27-19-23-17(14(9-22)18(25)24-19)12-3-5-13(6-4-12)26-10-11-2-7-15(20)16(21)8-11/h2-8H,10H2,1H3,(H,23,24,25). The predicted octanol–water partition coefficient (Wildman–Crippen LogP) is 4.40. The fourth-order valence-corrected chi connectivity index (χ4v) is 2.86. The lowest BCUT2D eigenvalue weighted by molar-refractivity contribution is 0.305. The summed E-state index contributed by atoms with van der Waals surface area (Å²) in [6.07, 6.45) is 1.78. The molecule has 0 aliphatic carbocycles. The van der Waals surface area contributed by atoms with E-state index in [1.54, 1.807) is 36.6 Å². The van der Waals surface area contributed by atoms with E-state index in [1.165, 1.54) is 23.9 Å². The molecule has 0 aliphatic heterocycles. The number of halogens is 2. The number of H-pyrrole nitrogens is 1. The molecule has 0 spiro atoms. The third-order valence-corrected chi connectivity index (χ3v) is 4.61. The number of nitrogens with zero attached hydrogens (tertiary/aromatic N) is 2. The topological polar surface area (TPSA) is 78.8 Å². The number of nitriles is 1. The largest absolute Gasteiger partial charge is 0.489 e. The molecule has 5 nitrogen and oxygen atoms in total. The maximum Gasteiger partial charge on any atom is 0.270 e. The fraction of sp³-hybridized carbons (Fsp3) is 0.105. The van der Waals surface area contributed by atoms with E-state index in [9.17, 15) is 14.4 Å². The lowest BCUT2D eigenvalue weighted by Gasteiger charge is -2.09. The molecule has 1 heterocycles. The first kappa shape index (κ1) is 19.0. The summed E-state index contributed by atoms with van der Waals surface area (Å²) in [7, 11) is 0. The first-order valence-corrected chi connectivity index (χ1v) is 9.37. The van der Waals surface area contributed by atoms with E-state index in [1.807, 2.05) is 6.07 Å². The van der Waals surface area contributed by atoms with Crippen molar-refractivity contribution < 1.29 is 9.13 Å². The summed E-state index contributed by atoms with van der Waals surface area (Å²) in [6, 6.07) is 13.2. The van der Waals surface area contributed by atoms with E-state index in [2.05, 4.69) is 9.97 Å². The van der Waals surface area contributed by atoms with Crippen LogP contribution in [0.2, 0.25) is 5.02 Å². The number of hydrogen-bond donors (Lipinski definition) is 1. The molecule has 1 N–H and O–H groups in total. The second-order valence-corrected chi connectivity index (χ2v) is 6.67. The highest BCUT2D eigenvalue weighted by molar-refractivity contribution is 7.98. The van der Waals surface area contributed by atoms with Gasteiger partial charge >= 0.3 is 0 Å². The molecule has 0 aliphatic rings. The van der Waals surface area contributed by atoms with Crippen molar-refractivity contribution in [2.75, 3.05) is 6.26 Å². The van der Waals surface area contributed by atoms with Gasteiger partial charge in [-0.2, -0.15) is 5.26 Å². The van der Waals surface area contributed by atoms with Gasteiger partial charge in [-0.3, -0.25) is 4.79 Å². The Labute approximate surface area is 163 Å². The molecule has 27 heavy (non-hydrogen) atoms. The van der Waals surface area contributed by atoms with Gasteiger partial charge in [-0.05, 0) is 48.2 Å². The second kappa shape index (κ2) is 8.25. The first-order chi connectivity index (χ1) is 13.0. The molecule has 0 fully saturated rings. The van der Waals surface area contributed by atoms with Gasteiger partial charge in [0.05, 0.1) is 10.7 Å². The summed E-state index contributed by atoms with van der Waals surface area (Å²) in [5.41, 5.74) is 1.07. The molecule has 3 aromatic rings. The summed E-state index contributed by atoms with van der Waals surface area (Å²) >= 11 is 6.94. The van der Waals surface area contributed by atoms with Crippen LogP contribution in [0.15, 0.2) is 52.4 Å². The van der Waals surface area contributed by atoms with Crippen molar-refractivity contribution in [3.63, 3.8) is 0 Å².